The Morgan fingerprint density at radius 2 is 1.89 bits per heavy atom. The van der Waals surface area contributed by atoms with Gasteiger partial charge in [0, 0.05) is 54.6 Å². The first-order valence-corrected chi connectivity index (χ1v) is 13.1. The van der Waals surface area contributed by atoms with Crippen molar-refractivity contribution in [1.82, 2.24) is 14.4 Å². The molecule has 0 atom stereocenters. The molecule has 0 N–H and O–H groups in total. The van der Waals surface area contributed by atoms with Gasteiger partial charge in [-0.15, -0.1) is 0 Å². The quantitative estimate of drug-likeness (QED) is 0.415. The highest BCUT2D eigenvalue weighted by Crippen LogP contribution is 2.31. The van der Waals surface area contributed by atoms with Crippen LogP contribution in [0, 0.1) is 19.8 Å². The zero-order valence-electron chi connectivity index (χ0n) is 20.7. The van der Waals surface area contributed by atoms with Gasteiger partial charge in [0.2, 0.25) is 5.91 Å². The van der Waals surface area contributed by atoms with Crippen molar-refractivity contribution < 1.29 is 14.4 Å². The third-order valence-electron chi connectivity index (χ3n) is 7.45. The molecule has 3 aromatic rings. The molecular weight excluding hydrogens is 518 g/mol. The van der Waals surface area contributed by atoms with Gasteiger partial charge in [-0.05, 0) is 60.7 Å². The van der Waals surface area contributed by atoms with Crippen LogP contribution in [0.25, 0.3) is 10.9 Å². The van der Waals surface area contributed by atoms with Gasteiger partial charge in [-0.25, -0.2) is 0 Å². The maximum Gasteiger partial charge on any atom is 0.256 e. The zero-order chi connectivity index (χ0) is 25.6. The Morgan fingerprint density at radius 1 is 1.11 bits per heavy atom. The van der Waals surface area contributed by atoms with Gasteiger partial charge in [-0.1, -0.05) is 40.7 Å². The molecule has 2 aliphatic heterocycles. The molecule has 2 aliphatic rings. The summed E-state index contributed by atoms with van der Waals surface area (Å²) in [6.45, 7) is 10.3. The van der Waals surface area contributed by atoms with Crippen molar-refractivity contribution in [2.75, 3.05) is 19.6 Å². The van der Waals surface area contributed by atoms with Crippen LogP contribution in [0.3, 0.4) is 0 Å². The number of benzene rings is 2. The summed E-state index contributed by atoms with van der Waals surface area (Å²) in [6.07, 6.45) is 4.43. The first-order valence-electron chi connectivity index (χ1n) is 12.3. The lowest BCUT2D eigenvalue weighted by Crippen LogP contribution is -2.50. The molecule has 0 aliphatic carbocycles. The van der Waals surface area contributed by atoms with Gasteiger partial charge in [-0.3, -0.25) is 14.4 Å². The van der Waals surface area contributed by atoms with Gasteiger partial charge >= 0.3 is 0 Å². The Balaban J connectivity index is 1.38. The molecular formula is C29H30BrN3O3. The fourth-order valence-electron chi connectivity index (χ4n) is 5.64. The maximum atomic E-state index is 13.8. The number of likely N-dealkylation sites (tertiary alicyclic amines) is 1. The molecule has 0 radical (unpaired) electrons. The summed E-state index contributed by atoms with van der Waals surface area (Å²) in [5.74, 6) is 0.186. The van der Waals surface area contributed by atoms with Gasteiger partial charge in [0.1, 0.15) is 0 Å². The lowest BCUT2D eigenvalue weighted by atomic mass is 9.94. The molecule has 186 valence electrons. The van der Waals surface area contributed by atoms with E-state index in [2.05, 4.69) is 47.6 Å². The topological polar surface area (TPSA) is 62.6 Å². The lowest BCUT2D eigenvalue weighted by molar-refractivity contribution is -0.134. The SMILES string of the molecule is C=CC(=O)N1CC(CC(=O)Cn2cc(C(=O)N3CCc4c(C)cccc4C3)c3cc(Br)cc(C)c32)C1. The minimum Gasteiger partial charge on any atom is -0.339 e. The average molecular weight is 548 g/mol. The van der Waals surface area contributed by atoms with Crippen molar-refractivity contribution in [1.29, 1.82) is 0 Å². The predicted molar refractivity (Wildman–Crippen MR) is 144 cm³/mol. The van der Waals surface area contributed by atoms with E-state index < -0.39 is 0 Å². The second-order valence-electron chi connectivity index (χ2n) is 10.0. The van der Waals surface area contributed by atoms with E-state index in [4.69, 9.17) is 0 Å². The predicted octanol–water partition coefficient (Wildman–Crippen LogP) is 4.82. The van der Waals surface area contributed by atoms with Crippen molar-refractivity contribution in [3.8, 4) is 0 Å². The highest BCUT2D eigenvalue weighted by atomic mass is 79.9. The number of Topliss-reactive ketones (excluding diaryl/α,β-unsaturated/α-hetero) is 1. The zero-order valence-corrected chi connectivity index (χ0v) is 22.3. The first kappa shape index (κ1) is 24.5. The number of fused-ring (bicyclic) bond motifs is 2. The van der Waals surface area contributed by atoms with Crippen molar-refractivity contribution >= 4 is 44.4 Å². The summed E-state index contributed by atoms with van der Waals surface area (Å²) in [5, 5.41) is 0.862. The number of carbonyl (C=O) groups is 3. The maximum absolute atomic E-state index is 13.8. The van der Waals surface area contributed by atoms with Crippen LogP contribution in [0.2, 0.25) is 0 Å². The summed E-state index contributed by atoms with van der Waals surface area (Å²) in [4.78, 5) is 42.0. The summed E-state index contributed by atoms with van der Waals surface area (Å²) in [5.41, 5.74) is 6.38. The van der Waals surface area contributed by atoms with Crippen LogP contribution in [0.1, 0.15) is 39.0 Å². The lowest BCUT2D eigenvalue weighted by Gasteiger charge is -2.38. The molecule has 7 heteroatoms. The van der Waals surface area contributed by atoms with Crippen LogP contribution in [0.15, 0.2) is 53.7 Å². The molecule has 36 heavy (non-hydrogen) atoms. The van der Waals surface area contributed by atoms with E-state index >= 15 is 0 Å². The summed E-state index contributed by atoms with van der Waals surface area (Å²) in [6, 6.07) is 10.3. The number of hydrogen-bond acceptors (Lipinski definition) is 3. The second-order valence-corrected chi connectivity index (χ2v) is 11.0. The molecule has 2 amide bonds. The van der Waals surface area contributed by atoms with Crippen molar-refractivity contribution in [3.63, 3.8) is 0 Å². The monoisotopic (exact) mass is 547 g/mol. The molecule has 1 saturated heterocycles. The number of hydrogen-bond donors (Lipinski definition) is 0. The summed E-state index contributed by atoms with van der Waals surface area (Å²) in [7, 11) is 0. The van der Waals surface area contributed by atoms with E-state index in [1.54, 1.807) is 4.90 Å². The number of rotatable bonds is 6. The third-order valence-corrected chi connectivity index (χ3v) is 7.91. The molecule has 0 bridgehead atoms. The fraction of sp³-hybridized carbons (Fsp3) is 0.345. The van der Waals surface area contributed by atoms with E-state index in [1.165, 1.54) is 22.8 Å². The van der Waals surface area contributed by atoms with Crippen molar-refractivity contribution in [3.05, 3.63) is 81.5 Å². The molecule has 0 spiro atoms. The molecule has 0 unspecified atom stereocenters. The van der Waals surface area contributed by atoms with Crippen molar-refractivity contribution in [2.24, 2.45) is 5.92 Å². The molecule has 1 fully saturated rings. The second kappa shape index (κ2) is 9.69. The summed E-state index contributed by atoms with van der Waals surface area (Å²) < 4.78 is 2.84. The normalized spacial score (nSPS) is 15.5. The Labute approximate surface area is 219 Å². The number of ketones is 1. The fourth-order valence-corrected chi connectivity index (χ4v) is 6.21. The number of halogens is 1. The van der Waals surface area contributed by atoms with Crippen LogP contribution in [0.4, 0.5) is 0 Å². The van der Waals surface area contributed by atoms with Gasteiger partial charge in [0.25, 0.3) is 5.91 Å². The molecule has 0 saturated carbocycles. The van der Waals surface area contributed by atoms with Crippen LogP contribution in [0.5, 0.6) is 0 Å². The van der Waals surface area contributed by atoms with Crippen LogP contribution in [-0.2, 0) is 29.1 Å². The van der Waals surface area contributed by atoms with Crippen LogP contribution < -0.4 is 0 Å². The van der Waals surface area contributed by atoms with Crippen molar-refractivity contribution in [2.45, 2.75) is 39.8 Å². The van der Waals surface area contributed by atoms with E-state index in [9.17, 15) is 14.4 Å². The Morgan fingerprint density at radius 3 is 2.64 bits per heavy atom. The van der Waals surface area contributed by atoms with Gasteiger partial charge < -0.3 is 14.4 Å². The van der Waals surface area contributed by atoms with Crippen LogP contribution >= 0.6 is 15.9 Å². The standard InChI is InChI=1S/C29H30BrN3O3/c1-4-27(35)32-13-20(14-32)11-23(34)16-33-17-26(25-12-22(30)10-19(3)28(25)33)29(36)31-9-8-24-18(2)6-5-7-21(24)15-31/h4-7,10,12,17,20H,1,8-9,11,13-16H2,2-3H3. The molecule has 2 aromatic carbocycles. The number of aryl methyl sites for hydroxylation is 2. The molecule has 1 aromatic heterocycles. The van der Waals surface area contributed by atoms with Gasteiger partial charge in [0.15, 0.2) is 5.78 Å². The Kier molecular flexibility index (Phi) is 6.60. The third kappa shape index (κ3) is 4.52. The number of carbonyl (C=O) groups excluding carboxylic acids is 3. The first-order chi connectivity index (χ1) is 17.2. The number of aromatic nitrogens is 1. The molecule has 6 nitrogen and oxygen atoms in total. The minimum atomic E-state index is -0.0880. The number of amides is 2. The highest BCUT2D eigenvalue weighted by molar-refractivity contribution is 9.10. The van der Waals surface area contributed by atoms with E-state index in [0.717, 1.165) is 27.4 Å². The molecule has 5 rings (SSSR count). The number of nitrogens with zero attached hydrogens (tertiary/aromatic N) is 3. The average Bonchev–Trinajstić information content (AvgIpc) is 3.18. The van der Waals surface area contributed by atoms with Gasteiger partial charge in [0.05, 0.1) is 17.6 Å². The Hall–Kier alpha value is -3.19. The largest absolute Gasteiger partial charge is 0.339 e. The summed E-state index contributed by atoms with van der Waals surface area (Å²) >= 11 is 3.58. The minimum absolute atomic E-state index is 0.00609. The van der Waals surface area contributed by atoms with Crippen LogP contribution in [-0.4, -0.2) is 51.6 Å². The Bertz CT molecular complexity index is 1400. The molecule has 3 heterocycles. The van der Waals surface area contributed by atoms with E-state index in [-0.39, 0.29) is 30.1 Å². The highest BCUT2D eigenvalue weighted by Gasteiger charge is 2.31. The van der Waals surface area contributed by atoms with Gasteiger partial charge in [-0.2, -0.15) is 0 Å². The van der Waals surface area contributed by atoms with E-state index in [1.807, 2.05) is 34.7 Å². The van der Waals surface area contributed by atoms with E-state index in [0.29, 0.717) is 38.2 Å². The smallest absolute Gasteiger partial charge is 0.256 e.